The Kier molecular flexibility index (Phi) is 4.86. The molecule has 2 aliphatic heterocycles. The minimum Gasteiger partial charge on any atom is -0.319 e. The van der Waals surface area contributed by atoms with Crippen molar-refractivity contribution in [2.45, 2.75) is 13.0 Å². The van der Waals surface area contributed by atoms with Crippen LogP contribution in [0.3, 0.4) is 0 Å². The van der Waals surface area contributed by atoms with Gasteiger partial charge in [0.25, 0.3) is 11.8 Å². The van der Waals surface area contributed by atoms with Crippen LogP contribution < -0.4 is 0 Å². The first-order valence-corrected chi connectivity index (χ1v) is 10.3. The largest absolute Gasteiger partial charge is 0.319 e. The van der Waals surface area contributed by atoms with Crippen LogP contribution in [0, 0.1) is 0 Å². The highest BCUT2D eigenvalue weighted by Gasteiger charge is 2.29. The third kappa shape index (κ3) is 3.43. The normalized spacial score (nSPS) is 17.5. The predicted molar refractivity (Wildman–Crippen MR) is 105 cm³/mol. The van der Waals surface area contributed by atoms with E-state index in [1.807, 2.05) is 23.6 Å². The number of likely N-dealkylation sites (N-methyl/N-ethyl adjacent to an activating group) is 1. The van der Waals surface area contributed by atoms with Crippen molar-refractivity contribution in [3.8, 4) is 0 Å². The van der Waals surface area contributed by atoms with Gasteiger partial charge in [-0.2, -0.15) is 0 Å². The molecule has 0 spiro atoms. The quantitative estimate of drug-likeness (QED) is 0.730. The van der Waals surface area contributed by atoms with Crippen molar-refractivity contribution >= 4 is 39.1 Å². The van der Waals surface area contributed by atoms with Crippen molar-refractivity contribution in [3.63, 3.8) is 0 Å². The first-order valence-electron chi connectivity index (χ1n) is 8.64. The van der Waals surface area contributed by atoms with E-state index in [9.17, 15) is 9.59 Å². The molecular weight excluding hydrogens is 414 g/mol. The summed E-state index contributed by atoms with van der Waals surface area (Å²) in [4.78, 5) is 31.9. The zero-order valence-corrected chi connectivity index (χ0v) is 17.0. The number of carbonyl (C=O) groups excluding carboxylic acids is 2. The molecule has 0 saturated carbocycles. The van der Waals surface area contributed by atoms with Gasteiger partial charge in [0.05, 0.1) is 11.5 Å². The van der Waals surface area contributed by atoms with E-state index in [0.29, 0.717) is 24.6 Å². The molecule has 1 aromatic carbocycles. The predicted octanol–water partition coefficient (Wildman–Crippen LogP) is 3.05. The average molecular weight is 434 g/mol. The van der Waals surface area contributed by atoms with Crippen LogP contribution in [0.1, 0.15) is 31.2 Å². The van der Waals surface area contributed by atoms with Gasteiger partial charge in [-0.05, 0) is 58.7 Å². The number of thiophene rings is 1. The number of carbonyl (C=O) groups is 2. The van der Waals surface area contributed by atoms with Crippen LogP contribution in [0.4, 0.5) is 0 Å². The number of rotatable bonds is 2. The number of nitrogens with zero attached hydrogens (tertiary/aromatic N) is 3. The molecule has 1 saturated heterocycles. The van der Waals surface area contributed by atoms with E-state index in [-0.39, 0.29) is 11.8 Å². The molecule has 0 radical (unpaired) electrons. The molecule has 0 bridgehead atoms. The summed E-state index contributed by atoms with van der Waals surface area (Å²) in [5, 5.41) is 1.90. The Hall–Kier alpha value is -1.70. The molecule has 0 aliphatic carbocycles. The number of halogens is 1. The van der Waals surface area contributed by atoms with Gasteiger partial charge in [0.2, 0.25) is 0 Å². The molecule has 2 amide bonds. The Balaban J connectivity index is 1.45. The molecule has 4 rings (SSSR count). The van der Waals surface area contributed by atoms with E-state index in [2.05, 4.69) is 33.9 Å². The van der Waals surface area contributed by atoms with E-state index >= 15 is 0 Å². The van der Waals surface area contributed by atoms with Gasteiger partial charge in [-0.15, -0.1) is 11.3 Å². The van der Waals surface area contributed by atoms with Crippen molar-refractivity contribution < 1.29 is 9.59 Å². The maximum Gasteiger partial charge on any atom is 0.265 e. The lowest BCUT2D eigenvalue weighted by Crippen LogP contribution is -2.34. The minimum absolute atomic E-state index is 0.00869. The van der Waals surface area contributed by atoms with Gasteiger partial charge in [-0.25, -0.2) is 0 Å². The van der Waals surface area contributed by atoms with E-state index < -0.39 is 0 Å². The Morgan fingerprint density at radius 3 is 2.54 bits per heavy atom. The van der Waals surface area contributed by atoms with E-state index in [4.69, 9.17) is 0 Å². The van der Waals surface area contributed by atoms with Gasteiger partial charge in [-0.1, -0.05) is 6.07 Å². The van der Waals surface area contributed by atoms with Crippen LogP contribution in [0.25, 0.3) is 0 Å². The summed E-state index contributed by atoms with van der Waals surface area (Å²) in [5.41, 5.74) is 3.29. The molecule has 136 valence electrons. The topological polar surface area (TPSA) is 43.9 Å². The maximum absolute atomic E-state index is 12.9. The lowest BCUT2D eigenvalue weighted by atomic mass is 9.97. The molecule has 1 fully saturated rings. The Bertz CT molecular complexity index is 866. The molecule has 5 nitrogen and oxygen atoms in total. The van der Waals surface area contributed by atoms with Gasteiger partial charge in [0.1, 0.15) is 0 Å². The Labute approximate surface area is 165 Å². The second kappa shape index (κ2) is 7.13. The average Bonchev–Trinajstić information content (AvgIpc) is 3.29. The van der Waals surface area contributed by atoms with Crippen molar-refractivity contribution in [2.24, 2.45) is 0 Å². The van der Waals surface area contributed by atoms with Gasteiger partial charge >= 0.3 is 0 Å². The standard InChI is InChI=1S/C19H20BrN3O2S/c1-21-5-4-13-8-14(2-3-15(13)10-21)18(24)22-6-7-23(12-22)19(25)17-9-16(20)11-26-17/h2-3,8-9,11H,4-7,10,12H2,1H3. The molecule has 1 aromatic heterocycles. The summed E-state index contributed by atoms with van der Waals surface area (Å²) in [6, 6.07) is 7.85. The van der Waals surface area contributed by atoms with Crippen LogP contribution in [0.5, 0.6) is 0 Å². The minimum atomic E-state index is -0.00974. The van der Waals surface area contributed by atoms with Crippen molar-refractivity contribution in [1.82, 2.24) is 14.7 Å². The number of amides is 2. The fraction of sp³-hybridized carbons (Fsp3) is 0.368. The van der Waals surface area contributed by atoms with E-state index in [1.54, 1.807) is 9.80 Å². The van der Waals surface area contributed by atoms with Gasteiger partial charge in [-0.3, -0.25) is 9.59 Å². The molecule has 2 aromatic rings. The molecule has 0 unspecified atom stereocenters. The van der Waals surface area contributed by atoms with Crippen molar-refractivity contribution in [3.05, 3.63) is 55.7 Å². The molecule has 7 heteroatoms. The number of benzene rings is 1. The summed E-state index contributed by atoms with van der Waals surface area (Å²) in [7, 11) is 2.12. The van der Waals surface area contributed by atoms with Gasteiger partial charge < -0.3 is 14.7 Å². The van der Waals surface area contributed by atoms with E-state index in [1.165, 1.54) is 22.5 Å². The summed E-state index contributed by atoms with van der Waals surface area (Å²) < 4.78 is 0.915. The summed E-state index contributed by atoms with van der Waals surface area (Å²) in [6.45, 7) is 3.47. The highest BCUT2D eigenvalue weighted by Crippen LogP contribution is 2.24. The smallest absolute Gasteiger partial charge is 0.265 e. The second-order valence-electron chi connectivity index (χ2n) is 6.88. The van der Waals surface area contributed by atoms with Crippen LogP contribution in [-0.2, 0) is 13.0 Å². The molecule has 0 atom stereocenters. The third-order valence-electron chi connectivity index (χ3n) is 4.99. The summed E-state index contributed by atoms with van der Waals surface area (Å²) >= 11 is 4.80. The SMILES string of the molecule is CN1CCc2cc(C(=O)N3CCN(C(=O)c4cc(Br)cs4)C3)ccc2C1. The highest BCUT2D eigenvalue weighted by molar-refractivity contribution is 9.10. The number of hydrogen-bond acceptors (Lipinski definition) is 4. The lowest BCUT2D eigenvalue weighted by molar-refractivity contribution is 0.0703. The molecule has 2 aliphatic rings. The van der Waals surface area contributed by atoms with Crippen LogP contribution >= 0.6 is 27.3 Å². The zero-order chi connectivity index (χ0) is 18.3. The maximum atomic E-state index is 12.9. The molecule has 26 heavy (non-hydrogen) atoms. The summed E-state index contributed by atoms with van der Waals surface area (Å²) in [6.07, 6.45) is 0.977. The second-order valence-corrected chi connectivity index (χ2v) is 8.71. The fourth-order valence-electron chi connectivity index (χ4n) is 3.51. The van der Waals surface area contributed by atoms with Crippen molar-refractivity contribution in [1.29, 1.82) is 0 Å². The number of fused-ring (bicyclic) bond motifs is 1. The molecule has 0 N–H and O–H groups in total. The fourth-order valence-corrected chi connectivity index (χ4v) is 4.90. The number of hydrogen-bond donors (Lipinski definition) is 0. The van der Waals surface area contributed by atoms with Crippen LogP contribution in [-0.4, -0.2) is 59.9 Å². The Morgan fingerprint density at radius 1 is 1.04 bits per heavy atom. The van der Waals surface area contributed by atoms with Crippen LogP contribution in [0.15, 0.2) is 34.1 Å². The molecule has 3 heterocycles. The highest BCUT2D eigenvalue weighted by atomic mass is 79.9. The summed E-state index contributed by atoms with van der Waals surface area (Å²) in [5.74, 6) is -0.00105. The lowest BCUT2D eigenvalue weighted by Gasteiger charge is -2.25. The van der Waals surface area contributed by atoms with Crippen molar-refractivity contribution in [2.75, 3.05) is 33.4 Å². The van der Waals surface area contributed by atoms with Gasteiger partial charge in [0.15, 0.2) is 0 Å². The van der Waals surface area contributed by atoms with E-state index in [0.717, 1.165) is 29.5 Å². The Morgan fingerprint density at radius 2 is 1.81 bits per heavy atom. The van der Waals surface area contributed by atoms with Crippen LogP contribution in [0.2, 0.25) is 0 Å². The first-order chi connectivity index (χ1) is 12.5. The monoisotopic (exact) mass is 433 g/mol. The first kappa shape index (κ1) is 17.7. The third-order valence-corrected chi connectivity index (χ3v) is 6.67. The molecular formula is C19H20BrN3O2S. The van der Waals surface area contributed by atoms with Gasteiger partial charge in [0, 0.05) is 41.6 Å². The zero-order valence-electron chi connectivity index (χ0n) is 14.6.